The molecular formula is C18H21Cl2N2O+. The number of quaternary nitrogens is 1. The van der Waals surface area contributed by atoms with Crippen LogP contribution in [0.2, 0.25) is 10.0 Å². The number of nitrogens with two attached hydrogens (primary N) is 1. The number of anilines is 1. The number of aryl methyl sites for hydroxylation is 1. The Bertz CT molecular complexity index is 688. The van der Waals surface area contributed by atoms with Crippen molar-refractivity contribution in [1.82, 2.24) is 0 Å². The van der Waals surface area contributed by atoms with Crippen LogP contribution in [0.25, 0.3) is 0 Å². The van der Waals surface area contributed by atoms with Crippen LogP contribution < -0.4 is 10.6 Å². The van der Waals surface area contributed by atoms with E-state index in [1.165, 1.54) is 0 Å². The van der Waals surface area contributed by atoms with Crippen LogP contribution in [0.3, 0.4) is 0 Å². The number of para-hydroxylation sites is 1. The van der Waals surface area contributed by atoms with E-state index in [2.05, 4.69) is 12.2 Å². The normalized spacial score (nSPS) is 12.0. The van der Waals surface area contributed by atoms with E-state index in [0.717, 1.165) is 23.2 Å². The van der Waals surface area contributed by atoms with Gasteiger partial charge in [0.2, 0.25) is 0 Å². The highest BCUT2D eigenvalue weighted by atomic mass is 35.5. The monoisotopic (exact) mass is 351 g/mol. The van der Waals surface area contributed by atoms with Crippen molar-refractivity contribution in [2.24, 2.45) is 0 Å². The molecular weight excluding hydrogens is 331 g/mol. The van der Waals surface area contributed by atoms with Crippen LogP contribution in [0.1, 0.15) is 31.0 Å². The standard InChI is InChI=1S/C18H20Cl2N2O/c1-3-13-6-4-5-7-17(13)22-18(23)11-21-12(2)15-9-8-14(19)10-16(15)20/h4-10,12,21H,3,11H2,1-2H3,(H,22,23)/p+1/t12-/m1/s1. The minimum atomic E-state index is -0.0252. The molecule has 0 heterocycles. The van der Waals surface area contributed by atoms with Gasteiger partial charge in [-0.05, 0) is 37.1 Å². The highest BCUT2D eigenvalue weighted by Gasteiger charge is 2.15. The first-order valence-corrected chi connectivity index (χ1v) is 8.43. The van der Waals surface area contributed by atoms with Gasteiger partial charge in [-0.15, -0.1) is 0 Å². The second kappa shape index (κ2) is 8.34. The largest absolute Gasteiger partial charge is 0.332 e. The van der Waals surface area contributed by atoms with Crippen molar-refractivity contribution in [3.05, 3.63) is 63.6 Å². The van der Waals surface area contributed by atoms with Crippen LogP contribution in [-0.2, 0) is 11.2 Å². The molecule has 0 unspecified atom stereocenters. The Balaban J connectivity index is 1.93. The van der Waals surface area contributed by atoms with Crippen LogP contribution in [0, 0.1) is 0 Å². The fourth-order valence-electron chi connectivity index (χ4n) is 2.43. The Labute approximate surface area is 147 Å². The van der Waals surface area contributed by atoms with Crippen LogP contribution in [0.5, 0.6) is 0 Å². The lowest BCUT2D eigenvalue weighted by Crippen LogP contribution is -2.86. The van der Waals surface area contributed by atoms with Crippen LogP contribution in [0.4, 0.5) is 5.69 Å². The van der Waals surface area contributed by atoms with E-state index in [4.69, 9.17) is 23.2 Å². The maximum absolute atomic E-state index is 12.2. The lowest BCUT2D eigenvalue weighted by atomic mass is 10.1. The van der Waals surface area contributed by atoms with Crippen molar-refractivity contribution >= 4 is 34.8 Å². The quantitative estimate of drug-likeness (QED) is 0.816. The number of carbonyl (C=O) groups is 1. The summed E-state index contributed by atoms with van der Waals surface area (Å²) < 4.78 is 0. The Morgan fingerprint density at radius 2 is 1.96 bits per heavy atom. The van der Waals surface area contributed by atoms with Crippen molar-refractivity contribution in [2.45, 2.75) is 26.3 Å². The fraction of sp³-hybridized carbons (Fsp3) is 0.278. The number of rotatable bonds is 6. The Hall–Kier alpha value is -1.55. The van der Waals surface area contributed by atoms with Gasteiger partial charge < -0.3 is 10.6 Å². The molecule has 2 aromatic carbocycles. The molecule has 0 radical (unpaired) electrons. The molecule has 122 valence electrons. The number of hydrogen-bond donors (Lipinski definition) is 2. The molecule has 0 aromatic heterocycles. The van der Waals surface area contributed by atoms with Crippen molar-refractivity contribution in [3.8, 4) is 0 Å². The molecule has 1 amide bonds. The summed E-state index contributed by atoms with van der Waals surface area (Å²) in [7, 11) is 0. The molecule has 2 rings (SSSR count). The third-order valence-electron chi connectivity index (χ3n) is 3.78. The average Bonchev–Trinajstić information content (AvgIpc) is 2.53. The van der Waals surface area contributed by atoms with Gasteiger partial charge in [0.05, 0.1) is 5.02 Å². The van der Waals surface area contributed by atoms with Gasteiger partial charge in [0.1, 0.15) is 6.04 Å². The summed E-state index contributed by atoms with van der Waals surface area (Å²) in [6, 6.07) is 13.4. The molecule has 23 heavy (non-hydrogen) atoms. The third kappa shape index (κ3) is 4.96. The maximum Gasteiger partial charge on any atom is 0.279 e. The molecule has 5 heteroatoms. The summed E-state index contributed by atoms with van der Waals surface area (Å²) in [5.41, 5.74) is 2.98. The highest BCUT2D eigenvalue weighted by Crippen LogP contribution is 2.24. The number of carbonyl (C=O) groups excluding carboxylic acids is 1. The topological polar surface area (TPSA) is 45.7 Å². The second-order valence-corrected chi connectivity index (χ2v) is 6.30. The second-order valence-electron chi connectivity index (χ2n) is 5.45. The van der Waals surface area contributed by atoms with Crippen molar-refractivity contribution in [2.75, 3.05) is 11.9 Å². The summed E-state index contributed by atoms with van der Waals surface area (Å²) in [6.45, 7) is 4.42. The smallest absolute Gasteiger partial charge is 0.279 e. The molecule has 0 fully saturated rings. The van der Waals surface area contributed by atoms with Gasteiger partial charge in [0.15, 0.2) is 6.54 Å². The van der Waals surface area contributed by atoms with E-state index in [-0.39, 0.29) is 11.9 Å². The first-order valence-electron chi connectivity index (χ1n) is 7.67. The minimum absolute atomic E-state index is 0.0252. The summed E-state index contributed by atoms with van der Waals surface area (Å²) in [4.78, 5) is 12.2. The number of benzene rings is 2. The highest BCUT2D eigenvalue weighted by molar-refractivity contribution is 6.35. The van der Waals surface area contributed by atoms with Crippen molar-refractivity contribution in [1.29, 1.82) is 0 Å². The fourth-order valence-corrected chi connectivity index (χ4v) is 3.01. The first kappa shape index (κ1) is 17.8. The van der Waals surface area contributed by atoms with Gasteiger partial charge in [-0.1, -0.05) is 54.4 Å². The van der Waals surface area contributed by atoms with E-state index in [0.29, 0.717) is 16.6 Å². The number of nitrogens with one attached hydrogen (secondary N) is 1. The average molecular weight is 352 g/mol. The molecule has 0 saturated heterocycles. The number of amides is 1. The first-order chi connectivity index (χ1) is 11.0. The predicted molar refractivity (Wildman–Crippen MR) is 96.1 cm³/mol. The molecule has 0 saturated carbocycles. The lowest BCUT2D eigenvalue weighted by Gasteiger charge is -2.14. The van der Waals surface area contributed by atoms with Gasteiger partial charge >= 0.3 is 0 Å². The van der Waals surface area contributed by atoms with E-state index >= 15 is 0 Å². The molecule has 0 aliphatic heterocycles. The number of halogens is 2. The van der Waals surface area contributed by atoms with Crippen LogP contribution >= 0.6 is 23.2 Å². The Morgan fingerprint density at radius 3 is 2.65 bits per heavy atom. The van der Waals surface area contributed by atoms with Crippen molar-refractivity contribution in [3.63, 3.8) is 0 Å². The Kier molecular flexibility index (Phi) is 6.46. The van der Waals surface area contributed by atoms with E-state index < -0.39 is 0 Å². The van der Waals surface area contributed by atoms with Gasteiger partial charge in [-0.25, -0.2) is 0 Å². The molecule has 0 spiro atoms. The van der Waals surface area contributed by atoms with Gasteiger partial charge in [0.25, 0.3) is 5.91 Å². The summed E-state index contributed by atoms with van der Waals surface area (Å²) in [6.07, 6.45) is 0.886. The minimum Gasteiger partial charge on any atom is -0.332 e. The molecule has 0 aliphatic rings. The van der Waals surface area contributed by atoms with Crippen molar-refractivity contribution < 1.29 is 10.1 Å². The predicted octanol–water partition coefficient (Wildman–Crippen LogP) is 3.82. The molecule has 0 bridgehead atoms. The third-order valence-corrected chi connectivity index (χ3v) is 4.34. The van der Waals surface area contributed by atoms with E-state index in [1.54, 1.807) is 6.07 Å². The zero-order valence-electron chi connectivity index (χ0n) is 13.3. The van der Waals surface area contributed by atoms with Gasteiger partial charge in [0, 0.05) is 16.3 Å². The lowest BCUT2D eigenvalue weighted by molar-refractivity contribution is -0.682. The summed E-state index contributed by atoms with van der Waals surface area (Å²) >= 11 is 12.1. The van der Waals surface area contributed by atoms with E-state index in [1.807, 2.05) is 48.6 Å². The number of hydrogen-bond acceptors (Lipinski definition) is 1. The molecule has 1 atom stereocenters. The zero-order valence-corrected chi connectivity index (χ0v) is 14.8. The molecule has 0 aliphatic carbocycles. The SMILES string of the molecule is CCc1ccccc1NC(=O)C[NH2+][C@H](C)c1ccc(Cl)cc1Cl. The molecule has 3 N–H and O–H groups in total. The molecule has 2 aromatic rings. The van der Waals surface area contributed by atoms with E-state index in [9.17, 15) is 4.79 Å². The van der Waals surface area contributed by atoms with Gasteiger partial charge in [-0.2, -0.15) is 0 Å². The summed E-state index contributed by atoms with van der Waals surface area (Å²) in [5, 5.41) is 6.16. The Morgan fingerprint density at radius 1 is 1.22 bits per heavy atom. The zero-order chi connectivity index (χ0) is 16.8. The van der Waals surface area contributed by atoms with Crippen LogP contribution in [-0.4, -0.2) is 12.5 Å². The molecule has 3 nitrogen and oxygen atoms in total. The van der Waals surface area contributed by atoms with Gasteiger partial charge in [-0.3, -0.25) is 4.79 Å². The maximum atomic E-state index is 12.2. The van der Waals surface area contributed by atoms with Crippen LogP contribution in [0.15, 0.2) is 42.5 Å². The summed E-state index contributed by atoms with van der Waals surface area (Å²) in [5.74, 6) is -0.0252.